The Hall–Kier alpha value is -2.60. The first-order valence-corrected chi connectivity index (χ1v) is 7.93. The smallest absolute Gasteiger partial charge is 0.319 e. The van der Waals surface area contributed by atoms with Crippen LogP contribution in [0.5, 0.6) is 5.75 Å². The minimum Gasteiger partial charge on any atom is -0.497 e. The average Bonchev–Trinajstić information content (AvgIpc) is 3.03. The van der Waals surface area contributed by atoms with Crippen molar-refractivity contribution >= 4 is 11.7 Å². The number of nitrogens with one attached hydrogen (secondary N) is 2. The van der Waals surface area contributed by atoms with E-state index in [0.717, 1.165) is 17.9 Å². The molecule has 1 fully saturated rings. The van der Waals surface area contributed by atoms with E-state index in [-0.39, 0.29) is 18.0 Å². The first kappa shape index (κ1) is 16.3. The van der Waals surface area contributed by atoms with Crippen LogP contribution in [0.2, 0.25) is 0 Å². The molecule has 2 N–H and O–H groups in total. The molecule has 2 heterocycles. The quantitative estimate of drug-likeness (QED) is 0.885. The maximum atomic E-state index is 12.2. The molecule has 0 saturated carbocycles. The van der Waals surface area contributed by atoms with Gasteiger partial charge in [-0.1, -0.05) is 0 Å². The maximum absolute atomic E-state index is 12.2. The lowest BCUT2D eigenvalue weighted by Crippen LogP contribution is -2.42. The van der Waals surface area contributed by atoms with Crippen LogP contribution in [0.4, 0.5) is 10.5 Å². The predicted molar refractivity (Wildman–Crippen MR) is 91.2 cm³/mol. The molecule has 0 unspecified atom stereocenters. The molecule has 1 saturated heterocycles. The van der Waals surface area contributed by atoms with Crippen molar-refractivity contribution in [3.05, 3.63) is 54.4 Å². The summed E-state index contributed by atoms with van der Waals surface area (Å²) >= 11 is 0. The number of urea groups is 1. The topological polar surface area (TPSA) is 72.5 Å². The van der Waals surface area contributed by atoms with Gasteiger partial charge in [0, 0.05) is 24.0 Å². The lowest BCUT2D eigenvalue weighted by molar-refractivity contribution is 0.182. The zero-order valence-electron chi connectivity index (χ0n) is 13.6. The molecule has 0 spiro atoms. The standard InChI is InChI=1S/C18H21N3O3/c1-23-16-4-2-15(3-5-16)20-18(22)21-17-12-24-11-14(17)10-13-6-8-19-9-7-13/h2-9,14,17H,10-12H2,1H3,(H2,20,21,22)/t14-,17+/m1/s1. The Bertz CT molecular complexity index is 661. The average molecular weight is 327 g/mol. The molecular formula is C18H21N3O3. The number of carbonyl (C=O) groups is 1. The second-order valence-electron chi connectivity index (χ2n) is 5.79. The number of carbonyl (C=O) groups excluding carboxylic acids is 1. The van der Waals surface area contributed by atoms with Gasteiger partial charge in [0.2, 0.25) is 0 Å². The van der Waals surface area contributed by atoms with E-state index in [1.54, 1.807) is 43.8 Å². The number of ether oxygens (including phenoxy) is 2. The third-order valence-corrected chi connectivity index (χ3v) is 4.11. The van der Waals surface area contributed by atoms with E-state index < -0.39 is 0 Å². The predicted octanol–water partition coefficient (Wildman–Crippen LogP) is 2.47. The van der Waals surface area contributed by atoms with E-state index in [4.69, 9.17) is 9.47 Å². The lowest BCUT2D eigenvalue weighted by atomic mass is 9.95. The van der Waals surface area contributed by atoms with Gasteiger partial charge in [0.15, 0.2) is 0 Å². The van der Waals surface area contributed by atoms with Crippen molar-refractivity contribution in [2.75, 3.05) is 25.6 Å². The van der Waals surface area contributed by atoms with Crippen LogP contribution in [0.1, 0.15) is 5.56 Å². The number of methoxy groups -OCH3 is 1. The highest BCUT2D eigenvalue weighted by atomic mass is 16.5. The normalized spacial score (nSPS) is 19.7. The number of pyridine rings is 1. The van der Waals surface area contributed by atoms with E-state index in [1.165, 1.54) is 5.56 Å². The van der Waals surface area contributed by atoms with Gasteiger partial charge in [0.25, 0.3) is 0 Å². The Morgan fingerprint density at radius 1 is 1.21 bits per heavy atom. The molecule has 1 aliphatic rings. The Morgan fingerprint density at radius 2 is 1.96 bits per heavy atom. The van der Waals surface area contributed by atoms with Gasteiger partial charge in [0.05, 0.1) is 26.4 Å². The molecule has 3 rings (SSSR count). The van der Waals surface area contributed by atoms with Crippen LogP contribution in [-0.4, -0.2) is 37.4 Å². The van der Waals surface area contributed by atoms with Crippen molar-refractivity contribution in [3.63, 3.8) is 0 Å². The summed E-state index contributed by atoms with van der Waals surface area (Å²) < 4.78 is 10.7. The maximum Gasteiger partial charge on any atom is 0.319 e. The Balaban J connectivity index is 1.54. The zero-order valence-corrected chi connectivity index (χ0v) is 13.6. The van der Waals surface area contributed by atoms with Crippen LogP contribution in [0, 0.1) is 5.92 Å². The summed E-state index contributed by atoms with van der Waals surface area (Å²) in [5.74, 6) is 1.01. The van der Waals surface area contributed by atoms with Crippen molar-refractivity contribution < 1.29 is 14.3 Å². The number of amides is 2. The number of rotatable bonds is 5. The fourth-order valence-electron chi connectivity index (χ4n) is 2.79. The molecule has 2 amide bonds. The lowest BCUT2D eigenvalue weighted by Gasteiger charge is -2.19. The fourth-order valence-corrected chi connectivity index (χ4v) is 2.79. The molecule has 2 atom stereocenters. The second-order valence-corrected chi connectivity index (χ2v) is 5.79. The fraction of sp³-hybridized carbons (Fsp3) is 0.333. The van der Waals surface area contributed by atoms with Crippen molar-refractivity contribution in [1.29, 1.82) is 0 Å². The first-order chi connectivity index (χ1) is 11.7. The number of hydrogen-bond donors (Lipinski definition) is 2. The van der Waals surface area contributed by atoms with Crippen molar-refractivity contribution in [3.8, 4) is 5.75 Å². The van der Waals surface area contributed by atoms with Crippen molar-refractivity contribution in [2.45, 2.75) is 12.5 Å². The number of anilines is 1. The van der Waals surface area contributed by atoms with Crippen molar-refractivity contribution in [2.24, 2.45) is 5.92 Å². The highest BCUT2D eigenvalue weighted by Crippen LogP contribution is 2.19. The summed E-state index contributed by atoms with van der Waals surface area (Å²) in [7, 11) is 1.61. The molecular weight excluding hydrogens is 306 g/mol. The van der Waals surface area contributed by atoms with Gasteiger partial charge in [-0.15, -0.1) is 0 Å². The highest BCUT2D eigenvalue weighted by molar-refractivity contribution is 5.89. The van der Waals surface area contributed by atoms with Crippen LogP contribution in [0.15, 0.2) is 48.8 Å². The third-order valence-electron chi connectivity index (χ3n) is 4.11. The monoisotopic (exact) mass is 327 g/mol. The summed E-state index contributed by atoms with van der Waals surface area (Å²) in [4.78, 5) is 16.2. The van der Waals surface area contributed by atoms with E-state index in [0.29, 0.717) is 13.2 Å². The van der Waals surface area contributed by atoms with Crippen LogP contribution >= 0.6 is 0 Å². The molecule has 1 aromatic heterocycles. The molecule has 0 bridgehead atoms. The first-order valence-electron chi connectivity index (χ1n) is 7.93. The Morgan fingerprint density at radius 3 is 2.67 bits per heavy atom. The van der Waals surface area contributed by atoms with Crippen LogP contribution in [-0.2, 0) is 11.2 Å². The van der Waals surface area contributed by atoms with E-state index in [2.05, 4.69) is 15.6 Å². The Labute approximate surface area is 141 Å². The third kappa shape index (κ3) is 4.23. The van der Waals surface area contributed by atoms with E-state index >= 15 is 0 Å². The van der Waals surface area contributed by atoms with Crippen LogP contribution in [0.3, 0.4) is 0 Å². The van der Waals surface area contributed by atoms with Gasteiger partial charge in [-0.25, -0.2) is 4.79 Å². The zero-order chi connectivity index (χ0) is 16.8. The van der Waals surface area contributed by atoms with Gasteiger partial charge >= 0.3 is 6.03 Å². The van der Waals surface area contributed by atoms with Gasteiger partial charge in [-0.3, -0.25) is 4.98 Å². The molecule has 2 aromatic rings. The van der Waals surface area contributed by atoms with Gasteiger partial charge in [-0.05, 0) is 48.4 Å². The van der Waals surface area contributed by atoms with Crippen molar-refractivity contribution in [1.82, 2.24) is 10.3 Å². The number of nitrogens with zero attached hydrogens (tertiary/aromatic N) is 1. The summed E-state index contributed by atoms with van der Waals surface area (Å²) in [6.45, 7) is 1.18. The number of hydrogen-bond acceptors (Lipinski definition) is 4. The Kier molecular flexibility index (Phi) is 5.28. The summed E-state index contributed by atoms with van der Waals surface area (Å²) in [5.41, 5.74) is 1.92. The second kappa shape index (κ2) is 7.79. The minimum absolute atomic E-state index is 0.00332. The minimum atomic E-state index is -0.226. The highest BCUT2D eigenvalue weighted by Gasteiger charge is 2.29. The van der Waals surface area contributed by atoms with Crippen LogP contribution < -0.4 is 15.4 Å². The number of aromatic nitrogens is 1. The SMILES string of the molecule is COc1ccc(NC(=O)N[C@H]2COC[C@H]2Cc2ccncc2)cc1. The van der Waals surface area contributed by atoms with Gasteiger partial charge in [0.1, 0.15) is 5.75 Å². The molecule has 1 aliphatic heterocycles. The largest absolute Gasteiger partial charge is 0.497 e. The summed E-state index contributed by atoms with van der Waals surface area (Å²) in [5, 5.41) is 5.84. The molecule has 1 aromatic carbocycles. The molecule has 126 valence electrons. The molecule has 6 heteroatoms. The van der Waals surface area contributed by atoms with Gasteiger partial charge < -0.3 is 20.1 Å². The van der Waals surface area contributed by atoms with Gasteiger partial charge in [-0.2, -0.15) is 0 Å². The molecule has 0 radical (unpaired) electrons. The summed E-state index contributed by atoms with van der Waals surface area (Å²) in [6.07, 6.45) is 4.42. The van der Waals surface area contributed by atoms with E-state index in [1.807, 2.05) is 12.1 Å². The summed E-state index contributed by atoms with van der Waals surface area (Å²) in [6, 6.07) is 11.0. The van der Waals surface area contributed by atoms with Crippen LogP contribution in [0.25, 0.3) is 0 Å². The molecule has 24 heavy (non-hydrogen) atoms. The molecule has 0 aliphatic carbocycles. The molecule has 6 nitrogen and oxygen atoms in total. The van der Waals surface area contributed by atoms with E-state index in [9.17, 15) is 4.79 Å². The number of benzene rings is 1.